The van der Waals surface area contributed by atoms with Gasteiger partial charge >= 0.3 is 0 Å². The molecule has 0 radical (unpaired) electrons. The molecule has 0 amide bonds. The molecule has 0 saturated heterocycles. The Kier molecular flexibility index (Phi) is 4.01. The molecule has 5 nitrogen and oxygen atoms in total. The number of nitrogens with one attached hydrogen (secondary N) is 1. The normalized spacial score (nSPS) is 21.0. The fourth-order valence-corrected chi connectivity index (χ4v) is 4.69. The van der Waals surface area contributed by atoms with E-state index in [-0.39, 0.29) is 6.10 Å². The van der Waals surface area contributed by atoms with Crippen molar-refractivity contribution in [2.24, 2.45) is 0 Å². The van der Waals surface area contributed by atoms with E-state index in [2.05, 4.69) is 46.4 Å². The van der Waals surface area contributed by atoms with Gasteiger partial charge in [0.1, 0.15) is 18.5 Å². The molecular formula is C24H24N2O3. The van der Waals surface area contributed by atoms with E-state index in [1.54, 1.807) is 0 Å². The molecule has 3 aliphatic heterocycles. The first-order valence-electron chi connectivity index (χ1n) is 10.4. The number of rotatable bonds is 3. The smallest absolute Gasteiger partial charge is 0.168 e. The van der Waals surface area contributed by atoms with Gasteiger partial charge in [0.05, 0.1) is 6.61 Å². The van der Waals surface area contributed by atoms with Gasteiger partial charge in [-0.05, 0) is 30.2 Å². The second kappa shape index (κ2) is 6.85. The lowest BCUT2D eigenvalue weighted by Crippen LogP contribution is -2.42. The minimum Gasteiger partial charge on any atom is -0.493 e. The lowest BCUT2D eigenvalue weighted by molar-refractivity contribution is 0.0607. The third-order valence-corrected chi connectivity index (χ3v) is 6.19. The van der Waals surface area contributed by atoms with E-state index >= 15 is 0 Å². The van der Waals surface area contributed by atoms with Crippen molar-refractivity contribution in [3.63, 3.8) is 0 Å². The highest BCUT2D eigenvalue weighted by atomic mass is 16.6. The summed E-state index contributed by atoms with van der Waals surface area (Å²) in [5.41, 5.74) is 5.13. The van der Waals surface area contributed by atoms with Gasteiger partial charge in [0, 0.05) is 54.3 Å². The van der Waals surface area contributed by atoms with E-state index in [1.807, 2.05) is 12.1 Å². The van der Waals surface area contributed by atoms with Crippen molar-refractivity contribution in [2.75, 3.05) is 32.8 Å². The standard InChI is InChI=1S/C24H24N2O3/c1-2-4-21-18(3-1)20(13-25-21)16-7-10-26(11-8-16)14-17-15-28-23-6-5-22-19(9-12-27-22)24(23)29-17/h1-7,13,17,25H,8-12,14-15H2. The topological polar surface area (TPSA) is 46.7 Å². The quantitative estimate of drug-likeness (QED) is 0.736. The predicted octanol–water partition coefficient (Wildman–Crippen LogP) is 4.03. The summed E-state index contributed by atoms with van der Waals surface area (Å²) >= 11 is 0. The minimum atomic E-state index is 0.0534. The molecule has 0 spiro atoms. The largest absolute Gasteiger partial charge is 0.493 e. The Labute approximate surface area is 169 Å². The van der Waals surface area contributed by atoms with Crippen LogP contribution in [-0.4, -0.2) is 48.8 Å². The number of para-hydroxylation sites is 1. The number of benzene rings is 2. The number of nitrogens with zero attached hydrogens (tertiary/aromatic N) is 1. The summed E-state index contributed by atoms with van der Waals surface area (Å²) in [7, 11) is 0. The Balaban J connectivity index is 1.15. The molecular weight excluding hydrogens is 364 g/mol. The third-order valence-electron chi connectivity index (χ3n) is 6.19. The second-order valence-corrected chi connectivity index (χ2v) is 8.01. The monoisotopic (exact) mass is 388 g/mol. The van der Waals surface area contributed by atoms with Crippen molar-refractivity contribution >= 4 is 16.5 Å². The van der Waals surface area contributed by atoms with Gasteiger partial charge in [-0.1, -0.05) is 24.3 Å². The van der Waals surface area contributed by atoms with Gasteiger partial charge in [0.15, 0.2) is 11.5 Å². The highest BCUT2D eigenvalue weighted by molar-refractivity contribution is 5.92. The maximum absolute atomic E-state index is 6.36. The maximum Gasteiger partial charge on any atom is 0.168 e. The molecule has 0 bridgehead atoms. The summed E-state index contributed by atoms with van der Waals surface area (Å²) in [4.78, 5) is 5.85. The zero-order valence-electron chi connectivity index (χ0n) is 16.3. The van der Waals surface area contributed by atoms with Gasteiger partial charge in [0.2, 0.25) is 0 Å². The molecule has 29 heavy (non-hydrogen) atoms. The molecule has 2 aromatic carbocycles. The summed E-state index contributed by atoms with van der Waals surface area (Å²) in [5, 5.41) is 1.31. The number of aromatic amines is 1. The molecule has 0 fully saturated rings. The Hall–Kier alpha value is -2.92. The van der Waals surface area contributed by atoms with Gasteiger partial charge in [-0.15, -0.1) is 0 Å². The van der Waals surface area contributed by atoms with Crippen LogP contribution in [0.4, 0.5) is 0 Å². The van der Waals surface area contributed by atoms with Gasteiger partial charge in [0.25, 0.3) is 0 Å². The SMILES string of the molecule is C1=C(c2c[nH]c3ccccc23)CCN(CC2COc3ccc4c(c3O2)CCO4)C1. The number of ether oxygens (including phenoxy) is 3. The van der Waals surface area contributed by atoms with E-state index in [1.165, 1.54) is 22.0 Å². The number of H-pyrrole nitrogens is 1. The van der Waals surface area contributed by atoms with Crippen LogP contribution < -0.4 is 14.2 Å². The highest BCUT2D eigenvalue weighted by Gasteiger charge is 2.29. The molecule has 0 aliphatic carbocycles. The highest BCUT2D eigenvalue weighted by Crippen LogP contribution is 2.43. The predicted molar refractivity (Wildman–Crippen MR) is 113 cm³/mol. The van der Waals surface area contributed by atoms with Gasteiger partial charge in [-0.3, -0.25) is 4.90 Å². The molecule has 1 unspecified atom stereocenters. The number of hydrogen-bond donors (Lipinski definition) is 1. The Bertz CT molecular complexity index is 1100. The second-order valence-electron chi connectivity index (χ2n) is 8.01. The van der Waals surface area contributed by atoms with Crippen LogP contribution in [0.5, 0.6) is 17.2 Å². The fourth-order valence-electron chi connectivity index (χ4n) is 4.69. The summed E-state index contributed by atoms with van der Waals surface area (Å²) in [6.07, 6.45) is 6.51. The molecule has 1 aromatic heterocycles. The average Bonchev–Trinajstić information content (AvgIpc) is 3.42. The van der Waals surface area contributed by atoms with E-state index < -0.39 is 0 Å². The van der Waals surface area contributed by atoms with Crippen molar-refractivity contribution in [1.82, 2.24) is 9.88 Å². The summed E-state index contributed by atoms with van der Waals surface area (Å²) in [6, 6.07) is 12.5. The Morgan fingerprint density at radius 2 is 1.97 bits per heavy atom. The van der Waals surface area contributed by atoms with E-state index in [0.717, 1.165) is 61.9 Å². The number of fused-ring (bicyclic) bond motifs is 4. The van der Waals surface area contributed by atoms with Crippen LogP contribution in [0.3, 0.4) is 0 Å². The van der Waals surface area contributed by atoms with Gasteiger partial charge in [-0.25, -0.2) is 0 Å². The lowest BCUT2D eigenvalue weighted by Gasteiger charge is -2.33. The molecule has 1 N–H and O–H groups in total. The van der Waals surface area contributed by atoms with Crippen LogP contribution in [0.25, 0.3) is 16.5 Å². The molecule has 6 rings (SSSR count). The first-order chi connectivity index (χ1) is 14.3. The Morgan fingerprint density at radius 1 is 1.03 bits per heavy atom. The maximum atomic E-state index is 6.36. The first-order valence-corrected chi connectivity index (χ1v) is 10.4. The van der Waals surface area contributed by atoms with Crippen molar-refractivity contribution in [3.05, 3.63) is 59.8 Å². The summed E-state index contributed by atoms with van der Waals surface area (Å²) in [6.45, 7) is 4.18. The van der Waals surface area contributed by atoms with Crippen LogP contribution in [0.15, 0.2) is 48.7 Å². The van der Waals surface area contributed by atoms with Gasteiger partial charge < -0.3 is 19.2 Å². The molecule has 4 heterocycles. The van der Waals surface area contributed by atoms with Crippen molar-refractivity contribution in [2.45, 2.75) is 18.9 Å². The zero-order valence-corrected chi connectivity index (χ0v) is 16.3. The molecule has 148 valence electrons. The summed E-state index contributed by atoms with van der Waals surface area (Å²) in [5.74, 6) is 2.69. The zero-order chi connectivity index (χ0) is 19.2. The van der Waals surface area contributed by atoms with Crippen molar-refractivity contribution < 1.29 is 14.2 Å². The average molecular weight is 388 g/mol. The van der Waals surface area contributed by atoms with E-state index in [0.29, 0.717) is 6.61 Å². The first kappa shape index (κ1) is 17.0. The van der Waals surface area contributed by atoms with E-state index in [9.17, 15) is 0 Å². The van der Waals surface area contributed by atoms with Crippen molar-refractivity contribution in [1.29, 1.82) is 0 Å². The molecule has 3 aliphatic rings. The van der Waals surface area contributed by atoms with Crippen LogP contribution in [-0.2, 0) is 6.42 Å². The van der Waals surface area contributed by atoms with Crippen LogP contribution in [0.2, 0.25) is 0 Å². The minimum absolute atomic E-state index is 0.0534. The molecule has 5 heteroatoms. The van der Waals surface area contributed by atoms with Crippen molar-refractivity contribution in [3.8, 4) is 17.2 Å². The lowest BCUT2D eigenvalue weighted by atomic mass is 9.99. The van der Waals surface area contributed by atoms with Gasteiger partial charge in [-0.2, -0.15) is 0 Å². The number of aromatic nitrogens is 1. The third kappa shape index (κ3) is 2.97. The Morgan fingerprint density at radius 3 is 2.90 bits per heavy atom. The molecule has 1 atom stereocenters. The summed E-state index contributed by atoms with van der Waals surface area (Å²) < 4.78 is 18.0. The fraction of sp³-hybridized carbons (Fsp3) is 0.333. The van der Waals surface area contributed by atoms with Crippen LogP contribution in [0.1, 0.15) is 17.5 Å². The van der Waals surface area contributed by atoms with Crippen LogP contribution in [0, 0.1) is 0 Å². The molecule has 3 aromatic rings. The van der Waals surface area contributed by atoms with Crippen LogP contribution >= 0.6 is 0 Å². The van der Waals surface area contributed by atoms with E-state index in [4.69, 9.17) is 14.2 Å². The number of hydrogen-bond acceptors (Lipinski definition) is 4. The molecule has 0 saturated carbocycles.